The lowest BCUT2D eigenvalue weighted by Crippen LogP contribution is -2.30. The number of carbonyl (C=O) groups is 1. The number of ether oxygens (including phenoxy) is 1. The molecule has 24 heavy (non-hydrogen) atoms. The zero-order valence-corrected chi connectivity index (χ0v) is 15.3. The predicted octanol–water partition coefficient (Wildman–Crippen LogP) is 5.32. The van der Waals surface area contributed by atoms with E-state index in [4.69, 9.17) is 27.9 Å². The molecule has 0 radical (unpaired) electrons. The van der Waals surface area contributed by atoms with Crippen LogP contribution in [0.3, 0.4) is 0 Å². The Hall–Kier alpha value is -1.82. The lowest BCUT2D eigenvalue weighted by Gasteiger charge is -2.15. The quantitative estimate of drug-likeness (QED) is 0.666. The number of aromatic nitrogens is 1. The highest BCUT2D eigenvalue weighted by Gasteiger charge is 2.17. The molecule has 124 valence electrons. The minimum Gasteiger partial charge on any atom is -0.481 e. The topological polar surface area (TPSA) is 51.2 Å². The zero-order valence-electron chi connectivity index (χ0n) is 13.0. The van der Waals surface area contributed by atoms with Crippen molar-refractivity contribution in [3.63, 3.8) is 0 Å². The molecule has 0 bridgehead atoms. The molecule has 1 amide bonds. The van der Waals surface area contributed by atoms with E-state index in [1.165, 1.54) is 11.3 Å². The first-order valence-electron chi connectivity index (χ1n) is 7.22. The van der Waals surface area contributed by atoms with Gasteiger partial charge in [0.25, 0.3) is 5.91 Å². The third kappa shape index (κ3) is 3.80. The summed E-state index contributed by atoms with van der Waals surface area (Å²) < 4.78 is 6.63. The Labute approximate surface area is 153 Å². The molecule has 0 aliphatic carbocycles. The molecule has 2 aromatic carbocycles. The van der Waals surface area contributed by atoms with Crippen LogP contribution in [0, 0.1) is 6.92 Å². The van der Waals surface area contributed by atoms with Crippen LogP contribution in [0.4, 0.5) is 5.13 Å². The van der Waals surface area contributed by atoms with E-state index in [1.54, 1.807) is 31.2 Å². The molecule has 0 aliphatic rings. The fraction of sp³-hybridized carbons (Fsp3) is 0.176. The third-order valence-electron chi connectivity index (χ3n) is 3.39. The standard InChI is InChI=1S/C17H14Cl2N2O2S/c1-9-7-11(18)4-6-14(9)23-10(2)16(22)21-17-20-13-5-3-12(19)8-15(13)24-17/h3-8,10H,1-2H3,(H,20,21,22). The summed E-state index contributed by atoms with van der Waals surface area (Å²) in [5.74, 6) is 0.354. The van der Waals surface area contributed by atoms with Gasteiger partial charge in [-0.15, -0.1) is 0 Å². The SMILES string of the molecule is Cc1cc(Cl)ccc1OC(C)C(=O)Nc1nc2ccc(Cl)cc2s1. The van der Waals surface area contributed by atoms with E-state index in [-0.39, 0.29) is 5.91 Å². The molecule has 1 heterocycles. The lowest BCUT2D eigenvalue weighted by atomic mass is 10.2. The number of nitrogens with zero attached hydrogens (tertiary/aromatic N) is 1. The Balaban J connectivity index is 1.70. The second-order valence-electron chi connectivity index (χ2n) is 5.29. The number of nitrogens with one attached hydrogen (secondary N) is 1. The number of thiazole rings is 1. The average molecular weight is 381 g/mol. The first-order valence-corrected chi connectivity index (χ1v) is 8.79. The van der Waals surface area contributed by atoms with E-state index in [2.05, 4.69) is 10.3 Å². The van der Waals surface area contributed by atoms with E-state index < -0.39 is 6.10 Å². The number of carbonyl (C=O) groups excluding carboxylic acids is 1. The molecule has 7 heteroatoms. The number of hydrogen-bond acceptors (Lipinski definition) is 4. The second kappa shape index (κ2) is 6.97. The molecular weight excluding hydrogens is 367 g/mol. The van der Waals surface area contributed by atoms with Crippen LogP contribution in [0.5, 0.6) is 5.75 Å². The largest absolute Gasteiger partial charge is 0.481 e. The van der Waals surface area contributed by atoms with Gasteiger partial charge in [0.05, 0.1) is 10.2 Å². The van der Waals surface area contributed by atoms with Gasteiger partial charge in [-0.05, 0) is 55.8 Å². The van der Waals surface area contributed by atoms with Crippen molar-refractivity contribution in [3.8, 4) is 5.75 Å². The van der Waals surface area contributed by atoms with E-state index in [0.717, 1.165) is 15.8 Å². The van der Waals surface area contributed by atoms with Gasteiger partial charge in [0, 0.05) is 10.0 Å². The van der Waals surface area contributed by atoms with Crippen LogP contribution >= 0.6 is 34.5 Å². The minimum absolute atomic E-state index is 0.269. The maximum atomic E-state index is 12.3. The van der Waals surface area contributed by atoms with Crippen LogP contribution in [0.15, 0.2) is 36.4 Å². The van der Waals surface area contributed by atoms with E-state index >= 15 is 0 Å². The van der Waals surface area contributed by atoms with Crippen molar-refractivity contribution < 1.29 is 9.53 Å². The maximum absolute atomic E-state index is 12.3. The van der Waals surface area contributed by atoms with Gasteiger partial charge < -0.3 is 4.74 Å². The average Bonchev–Trinajstić information content (AvgIpc) is 2.91. The highest BCUT2D eigenvalue weighted by atomic mass is 35.5. The summed E-state index contributed by atoms with van der Waals surface area (Å²) in [6.45, 7) is 3.57. The number of halogens is 2. The van der Waals surface area contributed by atoms with Gasteiger partial charge in [-0.3, -0.25) is 10.1 Å². The van der Waals surface area contributed by atoms with Crippen molar-refractivity contribution in [2.75, 3.05) is 5.32 Å². The molecule has 1 N–H and O–H groups in total. The van der Waals surface area contributed by atoms with Gasteiger partial charge in [0.1, 0.15) is 5.75 Å². The van der Waals surface area contributed by atoms with Crippen LogP contribution in [0.2, 0.25) is 10.0 Å². The first-order chi connectivity index (χ1) is 11.4. The molecule has 1 unspecified atom stereocenters. The zero-order chi connectivity index (χ0) is 17.3. The van der Waals surface area contributed by atoms with Gasteiger partial charge in [-0.1, -0.05) is 34.5 Å². The normalized spacial score (nSPS) is 12.2. The highest BCUT2D eigenvalue weighted by Crippen LogP contribution is 2.28. The molecule has 0 saturated carbocycles. The van der Waals surface area contributed by atoms with Gasteiger partial charge in [-0.25, -0.2) is 4.98 Å². The van der Waals surface area contributed by atoms with Gasteiger partial charge >= 0.3 is 0 Å². The Bertz CT molecular complexity index is 911. The Morgan fingerprint density at radius 3 is 2.67 bits per heavy atom. The molecule has 0 fully saturated rings. The molecule has 3 aromatic rings. The third-order valence-corrected chi connectivity index (χ3v) is 4.79. The molecule has 4 nitrogen and oxygen atoms in total. The van der Waals surface area contributed by atoms with E-state index in [0.29, 0.717) is 20.9 Å². The van der Waals surface area contributed by atoms with Gasteiger partial charge in [0.2, 0.25) is 0 Å². The molecule has 0 aliphatic heterocycles. The van der Waals surface area contributed by atoms with Crippen molar-refractivity contribution in [2.45, 2.75) is 20.0 Å². The molecule has 0 spiro atoms. The summed E-state index contributed by atoms with van der Waals surface area (Å²) in [5.41, 5.74) is 1.67. The molecule has 1 atom stereocenters. The molecule has 1 aromatic heterocycles. The Morgan fingerprint density at radius 2 is 1.92 bits per heavy atom. The molecular formula is C17H14Cl2N2O2S. The first kappa shape index (κ1) is 17.0. The Kier molecular flexibility index (Phi) is 4.94. The number of rotatable bonds is 4. The van der Waals surface area contributed by atoms with Crippen LogP contribution < -0.4 is 10.1 Å². The van der Waals surface area contributed by atoms with Crippen molar-refractivity contribution in [3.05, 3.63) is 52.0 Å². The van der Waals surface area contributed by atoms with Gasteiger partial charge in [0.15, 0.2) is 11.2 Å². The highest BCUT2D eigenvalue weighted by molar-refractivity contribution is 7.22. The summed E-state index contributed by atoms with van der Waals surface area (Å²) in [4.78, 5) is 16.7. The fourth-order valence-electron chi connectivity index (χ4n) is 2.15. The van der Waals surface area contributed by atoms with Crippen molar-refractivity contribution in [2.24, 2.45) is 0 Å². The number of aryl methyl sites for hydroxylation is 1. The van der Waals surface area contributed by atoms with Gasteiger partial charge in [-0.2, -0.15) is 0 Å². The summed E-state index contributed by atoms with van der Waals surface area (Å²) >= 11 is 13.3. The summed E-state index contributed by atoms with van der Waals surface area (Å²) in [6, 6.07) is 10.7. The van der Waals surface area contributed by atoms with Crippen molar-refractivity contribution in [1.82, 2.24) is 4.98 Å². The molecule has 3 rings (SSSR count). The second-order valence-corrected chi connectivity index (χ2v) is 7.19. The summed E-state index contributed by atoms with van der Waals surface area (Å²) in [6.07, 6.45) is -0.666. The number of amides is 1. The fourth-order valence-corrected chi connectivity index (χ4v) is 3.52. The lowest BCUT2D eigenvalue weighted by molar-refractivity contribution is -0.122. The Morgan fingerprint density at radius 1 is 1.21 bits per heavy atom. The minimum atomic E-state index is -0.666. The number of hydrogen-bond donors (Lipinski definition) is 1. The van der Waals surface area contributed by atoms with Crippen molar-refractivity contribution in [1.29, 1.82) is 0 Å². The van der Waals surface area contributed by atoms with E-state index in [1.807, 2.05) is 19.1 Å². The molecule has 0 saturated heterocycles. The smallest absolute Gasteiger partial charge is 0.266 e. The predicted molar refractivity (Wildman–Crippen MR) is 99.5 cm³/mol. The number of benzene rings is 2. The van der Waals surface area contributed by atoms with Crippen molar-refractivity contribution >= 4 is 55.8 Å². The monoisotopic (exact) mass is 380 g/mol. The van der Waals surface area contributed by atoms with Crippen LogP contribution in [0.25, 0.3) is 10.2 Å². The summed E-state index contributed by atoms with van der Waals surface area (Å²) in [7, 11) is 0. The maximum Gasteiger partial charge on any atom is 0.266 e. The van der Waals surface area contributed by atoms with Crippen LogP contribution in [-0.2, 0) is 4.79 Å². The number of fused-ring (bicyclic) bond motifs is 1. The van der Waals surface area contributed by atoms with Crippen LogP contribution in [-0.4, -0.2) is 17.0 Å². The summed E-state index contributed by atoms with van der Waals surface area (Å²) in [5, 5.41) is 4.56. The van der Waals surface area contributed by atoms with Crippen LogP contribution in [0.1, 0.15) is 12.5 Å². The van der Waals surface area contributed by atoms with E-state index in [9.17, 15) is 4.79 Å². The number of anilines is 1.